The van der Waals surface area contributed by atoms with Crippen LogP contribution in [0.3, 0.4) is 0 Å². The van der Waals surface area contributed by atoms with Gasteiger partial charge in [-0.15, -0.1) is 0 Å². The summed E-state index contributed by atoms with van der Waals surface area (Å²) in [4.78, 5) is 27.3. The second-order valence-electron chi connectivity index (χ2n) is 7.83. The SMILES string of the molecule is O=C(Cn1nc2c(cc1=O)CCCCC2)N(c1ccccc1)[C@@H]1CCS(=O)(=O)C1. The molecule has 2 heterocycles. The van der Waals surface area contributed by atoms with Gasteiger partial charge in [0.15, 0.2) is 9.84 Å². The van der Waals surface area contributed by atoms with Crippen molar-refractivity contribution in [3.63, 3.8) is 0 Å². The number of nitrogens with zero attached hydrogens (tertiary/aromatic N) is 3. The molecule has 1 aromatic heterocycles. The summed E-state index contributed by atoms with van der Waals surface area (Å²) in [6, 6.07) is 10.2. The van der Waals surface area contributed by atoms with Crippen molar-refractivity contribution in [1.82, 2.24) is 9.78 Å². The molecule has 0 saturated carbocycles. The lowest BCUT2D eigenvalue weighted by Gasteiger charge is -2.28. The molecule has 1 atom stereocenters. The maximum absolute atomic E-state index is 13.2. The molecular formula is C21H25N3O4S. The predicted molar refractivity (Wildman–Crippen MR) is 111 cm³/mol. The van der Waals surface area contributed by atoms with E-state index >= 15 is 0 Å². The third-order valence-electron chi connectivity index (χ3n) is 5.69. The molecule has 2 aromatic rings. The van der Waals surface area contributed by atoms with Gasteiger partial charge in [-0.1, -0.05) is 24.6 Å². The van der Waals surface area contributed by atoms with Crippen LogP contribution in [0.4, 0.5) is 5.69 Å². The number of rotatable bonds is 4. The van der Waals surface area contributed by atoms with E-state index in [0.29, 0.717) is 12.1 Å². The summed E-state index contributed by atoms with van der Waals surface area (Å²) >= 11 is 0. The number of para-hydroxylation sites is 1. The van der Waals surface area contributed by atoms with Crippen molar-refractivity contribution in [3.05, 3.63) is 58.0 Å². The molecule has 0 N–H and O–H groups in total. The Balaban J connectivity index is 1.64. The fourth-order valence-corrected chi connectivity index (χ4v) is 5.92. The van der Waals surface area contributed by atoms with Gasteiger partial charge in [0.1, 0.15) is 6.54 Å². The minimum absolute atomic E-state index is 0.0554. The van der Waals surface area contributed by atoms with Gasteiger partial charge in [-0.05, 0) is 49.8 Å². The van der Waals surface area contributed by atoms with Gasteiger partial charge in [-0.3, -0.25) is 9.59 Å². The third-order valence-corrected chi connectivity index (χ3v) is 7.44. The van der Waals surface area contributed by atoms with Gasteiger partial charge in [0.05, 0.1) is 23.2 Å². The van der Waals surface area contributed by atoms with Crippen molar-refractivity contribution in [3.8, 4) is 0 Å². The van der Waals surface area contributed by atoms with Gasteiger partial charge in [0, 0.05) is 11.8 Å². The van der Waals surface area contributed by atoms with Crippen molar-refractivity contribution in [2.75, 3.05) is 16.4 Å². The molecule has 1 saturated heterocycles. The van der Waals surface area contributed by atoms with E-state index in [2.05, 4.69) is 5.10 Å². The molecule has 1 amide bonds. The van der Waals surface area contributed by atoms with Crippen molar-refractivity contribution in [1.29, 1.82) is 0 Å². The monoisotopic (exact) mass is 415 g/mol. The Labute approximate surface area is 170 Å². The summed E-state index contributed by atoms with van der Waals surface area (Å²) in [7, 11) is -3.16. The number of aromatic nitrogens is 2. The van der Waals surface area contributed by atoms with Crippen LogP contribution in [-0.4, -0.2) is 41.7 Å². The molecule has 2 aliphatic rings. The number of carbonyl (C=O) groups excluding carboxylic acids is 1. The molecule has 0 bridgehead atoms. The molecule has 0 radical (unpaired) electrons. The maximum Gasteiger partial charge on any atom is 0.267 e. The Hall–Kier alpha value is -2.48. The average Bonchev–Trinajstić information content (AvgIpc) is 2.89. The number of hydrogen-bond donors (Lipinski definition) is 0. The lowest BCUT2D eigenvalue weighted by atomic mass is 10.1. The molecular weight excluding hydrogens is 390 g/mol. The van der Waals surface area contributed by atoms with Crippen molar-refractivity contribution >= 4 is 21.4 Å². The highest BCUT2D eigenvalue weighted by atomic mass is 32.2. The molecule has 0 spiro atoms. The van der Waals surface area contributed by atoms with Crippen molar-refractivity contribution < 1.29 is 13.2 Å². The Morgan fingerprint density at radius 3 is 2.62 bits per heavy atom. The Morgan fingerprint density at radius 2 is 1.90 bits per heavy atom. The Kier molecular flexibility index (Phi) is 5.54. The molecule has 8 heteroatoms. The quantitative estimate of drug-likeness (QED) is 0.710. The molecule has 0 unspecified atom stereocenters. The van der Waals surface area contributed by atoms with E-state index < -0.39 is 15.9 Å². The van der Waals surface area contributed by atoms with Crippen LogP contribution in [-0.2, 0) is 34.0 Å². The number of sulfone groups is 1. The zero-order valence-electron chi connectivity index (χ0n) is 16.3. The van der Waals surface area contributed by atoms with E-state index in [4.69, 9.17) is 0 Å². The summed E-state index contributed by atoms with van der Waals surface area (Å²) in [6.07, 6.45) is 5.25. The number of benzene rings is 1. The van der Waals surface area contributed by atoms with Gasteiger partial charge in [-0.25, -0.2) is 13.1 Å². The fraction of sp³-hybridized carbons (Fsp3) is 0.476. The van der Waals surface area contributed by atoms with Gasteiger partial charge in [0.2, 0.25) is 5.91 Å². The zero-order chi connectivity index (χ0) is 20.4. The first-order valence-corrected chi connectivity index (χ1v) is 11.9. The number of amides is 1. The zero-order valence-corrected chi connectivity index (χ0v) is 17.1. The number of aryl methyl sites for hydroxylation is 2. The van der Waals surface area contributed by atoms with Crippen LogP contribution in [0, 0.1) is 0 Å². The van der Waals surface area contributed by atoms with E-state index in [0.717, 1.165) is 43.4 Å². The van der Waals surface area contributed by atoms with Crippen LogP contribution in [0.1, 0.15) is 36.9 Å². The van der Waals surface area contributed by atoms with Gasteiger partial charge in [0.25, 0.3) is 5.56 Å². The number of anilines is 1. The summed E-state index contributed by atoms with van der Waals surface area (Å²) in [5, 5.41) is 4.48. The Morgan fingerprint density at radius 1 is 1.14 bits per heavy atom. The first-order valence-electron chi connectivity index (χ1n) is 10.1. The minimum atomic E-state index is -3.16. The standard InChI is InChI=1S/C21H25N3O4S/c25-20-13-16-7-3-1-6-10-19(16)22-23(20)14-21(26)24(17-8-4-2-5-9-17)18-11-12-29(27,28)15-18/h2,4-5,8-9,13,18H,1,3,6-7,10-12,14-15H2/t18-/m1/s1. The molecule has 154 valence electrons. The van der Waals surface area contributed by atoms with Gasteiger partial charge in [-0.2, -0.15) is 5.10 Å². The van der Waals surface area contributed by atoms with Crippen LogP contribution in [0.5, 0.6) is 0 Å². The molecule has 29 heavy (non-hydrogen) atoms. The molecule has 1 aliphatic carbocycles. The highest BCUT2D eigenvalue weighted by molar-refractivity contribution is 7.91. The van der Waals surface area contributed by atoms with Crippen LogP contribution < -0.4 is 10.5 Å². The van der Waals surface area contributed by atoms with E-state index in [1.165, 1.54) is 9.58 Å². The van der Waals surface area contributed by atoms with Gasteiger partial charge >= 0.3 is 0 Å². The smallest absolute Gasteiger partial charge is 0.267 e. The molecule has 1 fully saturated rings. The van der Waals surface area contributed by atoms with Crippen molar-refractivity contribution in [2.24, 2.45) is 0 Å². The molecule has 1 aromatic carbocycles. The molecule has 7 nitrogen and oxygen atoms in total. The lowest BCUT2D eigenvalue weighted by molar-refractivity contribution is -0.119. The topological polar surface area (TPSA) is 89.3 Å². The summed E-state index contributed by atoms with van der Waals surface area (Å²) < 4.78 is 25.2. The lowest BCUT2D eigenvalue weighted by Crippen LogP contribution is -2.44. The highest BCUT2D eigenvalue weighted by Gasteiger charge is 2.35. The van der Waals surface area contributed by atoms with Crippen LogP contribution in [0.2, 0.25) is 0 Å². The number of carbonyl (C=O) groups is 1. The highest BCUT2D eigenvalue weighted by Crippen LogP contribution is 2.25. The van der Waals surface area contributed by atoms with E-state index in [1.54, 1.807) is 18.2 Å². The number of fused-ring (bicyclic) bond motifs is 1. The van der Waals surface area contributed by atoms with E-state index in [-0.39, 0.29) is 29.5 Å². The third kappa shape index (κ3) is 4.42. The van der Waals surface area contributed by atoms with Crippen molar-refractivity contribution in [2.45, 2.75) is 51.1 Å². The fourth-order valence-electron chi connectivity index (χ4n) is 4.22. The maximum atomic E-state index is 13.2. The normalized spacial score (nSPS) is 20.6. The van der Waals surface area contributed by atoms with Gasteiger partial charge < -0.3 is 4.90 Å². The van der Waals surface area contributed by atoms with Crippen LogP contribution in [0.15, 0.2) is 41.2 Å². The largest absolute Gasteiger partial charge is 0.307 e. The number of hydrogen-bond acceptors (Lipinski definition) is 5. The summed E-state index contributed by atoms with van der Waals surface area (Å²) in [5.74, 6) is -0.299. The molecule has 4 rings (SSSR count). The predicted octanol–water partition coefficient (Wildman–Crippen LogP) is 1.73. The van der Waals surface area contributed by atoms with Crippen LogP contribution in [0.25, 0.3) is 0 Å². The van der Waals surface area contributed by atoms with E-state index in [1.807, 2.05) is 18.2 Å². The first kappa shape index (κ1) is 19.8. The van der Waals surface area contributed by atoms with E-state index in [9.17, 15) is 18.0 Å². The summed E-state index contributed by atoms with van der Waals surface area (Å²) in [6.45, 7) is -0.197. The Bertz CT molecular complexity index is 1060. The van der Waals surface area contributed by atoms with Crippen LogP contribution >= 0.6 is 0 Å². The summed E-state index contributed by atoms with van der Waals surface area (Å²) in [5.41, 5.74) is 2.23. The minimum Gasteiger partial charge on any atom is -0.307 e. The average molecular weight is 416 g/mol. The first-order chi connectivity index (χ1) is 13.9. The second kappa shape index (κ2) is 8.10. The second-order valence-corrected chi connectivity index (χ2v) is 10.1. The molecule has 1 aliphatic heterocycles.